The third-order valence-corrected chi connectivity index (χ3v) is 11.7. The maximum absolute atomic E-state index is 2.45. The molecule has 1 nitrogen and oxygen atoms in total. The molecule has 0 aliphatic carbocycles. The molecular formula is C48H29NS. The molecule has 11 aromatic rings. The second-order valence-corrected chi connectivity index (χ2v) is 14.4. The van der Waals surface area contributed by atoms with Gasteiger partial charge >= 0.3 is 0 Å². The number of aromatic nitrogens is 1. The lowest BCUT2D eigenvalue weighted by molar-refractivity contribution is 1.19. The molecule has 11 rings (SSSR count). The number of thiophene rings is 1. The molecule has 0 saturated carbocycles. The summed E-state index contributed by atoms with van der Waals surface area (Å²) in [5, 5.41) is 13.0. The lowest BCUT2D eigenvalue weighted by atomic mass is 9.91. The highest BCUT2D eigenvalue weighted by molar-refractivity contribution is 7.25. The highest BCUT2D eigenvalue weighted by Gasteiger charge is 2.16. The molecule has 2 aromatic heterocycles. The van der Waals surface area contributed by atoms with Crippen LogP contribution in [0.2, 0.25) is 0 Å². The Hall–Kier alpha value is -6.22. The Morgan fingerprint density at radius 3 is 1.54 bits per heavy atom. The number of hydrogen-bond donors (Lipinski definition) is 0. The topological polar surface area (TPSA) is 4.93 Å². The molecule has 0 unspecified atom stereocenters. The zero-order chi connectivity index (χ0) is 32.8. The molecule has 0 fully saturated rings. The summed E-state index contributed by atoms with van der Waals surface area (Å²) < 4.78 is 5.10. The minimum absolute atomic E-state index is 1.19. The highest BCUT2D eigenvalue weighted by Crippen LogP contribution is 2.40. The zero-order valence-electron chi connectivity index (χ0n) is 27.1. The van der Waals surface area contributed by atoms with Crippen LogP contribution in [0.4, 0.5) is 0 Å². The van der Waals surface area contributed by atoms with Crippen molar-refractivity contribution in [2.24, 2.45) is 0 Å². The van der Waals surface area contributed by atoms with E-state index in [4.69, 9.17) is 0 Å². The van der Waals surface area contributed by atoms with Crippen LogP contribution in [0.1, 0.15) is 0 Å². The van der Waals surface area contributed by atoms with Crippen molar-refractivity contribution < 1.29 is 0 Å². The summed E-state index contributed by atoms with van der Waals surface area (Å²) >= 11 is 1.87. The van der Waals surface area contributed by atoms with Gasteiger partial charge in [0, 0.05) is 36.6 Å². The molecule has 0 spiro atoms. The van der Waals surface area contributed by atoms with Crippen molar-refractivity contribution in [3.8, 4) is 27.9 Å². The standard InChI is InChI=1S/C48H29NS/c1-2-14-37-35(12-1)36-13-3-4-15-38(36)43-27-32(20-23-39(37)43)30-10-9-11-31(26-30)33-21-24-41-40-16-5-7-18-45(40)49(46(41)28-33)34-22-25-48-44(29-34)42-17-6-8-19-47(42)50-48/h1-29H. The van der Waals surface area contributed by atoms with E-state index >= 15 is 0 Å². The van der Waals surface area contributed by atoms with E-state index in [9.17, 15) is 0 Å². The van der Waals surface area contributed by atoms with Gasteiger partial charge in [0.15, 0.2) is 0 Å². The maximum atomic E-state index is 2.45. The summed E-state index contributed by atoms with van der Waals surface area (Å²) in [5.41, 5.74) is 8.50. The zero-order valence-corrected chi connectivity index (χ0v) is 27.9. The molecule has 0 amide bonds. The van der Waals surface area contributed by atoms with Gasteiger partial charge in [0.05, 0.1) is 11.0 Å². The Labute approximate surface area is 292 Å². The molecule has 2 heterocycles. The van der Waals surface area contributed by atoms with Gasteiger partial charge in [-0.3, -0.25) is 0 Å². The first-order valence-electron chi connectivity index (χ1n) is 17.2. The van der Waals surface area contributed by atoms with Crippen molar-refractivity contribution >= 4 is 85.6 Å². The molecule has 0 aliphatic heterocycles. The van der Waals surface area contributed by atoms with E-state index in [1.165, 1.54) is 102 Å². The normalized spacial score (nSPS) is 12.0. The Morgan fingerprint density at radius 1 is 0.280 bits per heavy atom. The quantitative estimate of drug-likeness (QED) is 0.168. The van der Waals surface area contributed by atoms with E-state index in [2.05, 4.69) is 180 Å². The number of para-hydroxylation sites is 1. The van der Waals surface area contributed by atoms with Gasteiger partial charge in [-0.15, -0.1) is 11.3 Å². The molecule has 0 atom stereocenters. The molecule has 0 saturated heterocycles. The van der Waals surface area contributed by atoms with Crippen LogP contribution in [0.25, 0.3) is 102 Å². The van der Waals surface area contributed by atoms with Crippen molar-refractivity contribution in [1.29, 1.82) is 0 Å². The van der Waals surface area contributed by atoms with Gasteiger partial charge in [-0.05, 0) is 103 Å². The van der Waals surface area contributed by atoms with Crippen LogP contribution in [-0.4, -0.2) is 4.57 Å². The minimum Gasteiger partial charge on any atom is -0.309 e. The van der Waals surface area contributed by atoms with Gasteiger partial charge in [0.25, 0.3) is 0 Å². The predicted molar refractivity (Wildman–Crippen MR) is 217 cm³/mol. The monoisotopic (exact) mass is 651 g/mol. The van der Waals surface area contributed by atoms with E-state index in [-0.39, 0.29) is 0 Å². The number of hydrogen-bond acceptors (Lipinski definition) is 1. The molecule has 0 bridgehead atoms. The van der Waals surface area contributed by atoms with E-state index < -0.39 is 0 Å². The molecular weight excluding hydrogens is 623 g/mol. The summed E-state index contributed by atoms with van der Waals surface area (Å²) in [6.07, 6.45) is 0. The first-order chi connectivity index (χ1) is 24.8. The lowest BCUT2D eigenvalue weighted by Crippen LogP contribution is -1.93. The first-order valence-corrected chi connectivity index (χ1v) is 18.0. The van der Waals surface area contributed by atoms with Gasteiger partial charge < -0.3 is 4.57 Å². The third-order valence-electron chi connectivity index (χ3n) is 10.6. The van der Waals surface area contributed by atoms with Crippen LogP contribution in [0.15, 0.2) is 176 Å². The van der Waals surface area contributed by atoms with Crippen LogP contribution >= 0.6 is 11.3 Å². The number of nitrogens with zero attached hydrogens (tertiary/aromatic N) is 1. The largest absolute Gasteiger partial charge is 0.309 e. The molecule has 2 heteroatoms. The number of fused-ring (bicyclic) bond motifs is 12. The Balaban J connectivity index is 1.08. The van der Waals surface area contributed by atoms with Crippen LogP contribution in [-0.2, 0) is 0 Å². The van der Waals surface area contributed by atoms with Crippen LogP contribution in [0, 0.1) is 0 Å². The van der Waals surface area contributed by atoms with E-state index in [0.29, 0.717) is 0 Å². The fourth-order valence-electron chi connectivity index (χ4n) is 8.25. The average Bonchev–Trinajstić information content (AvgIpc) is 3.73. The van der Waals surface area contributed by atoms with Gasteiger partial charge in [0.1, 0.15) is 0 Å². The summed E-state index contributed by atoms with van der Waals surface area (Å²) in [7, 11) is 0. The summed E-state index contributed by atoms with van der Waals surface area (Å²) in [6, 6.07) is 65.1. The summed E-state index contributed by atoms with van der Waals surface area (Å²) in [5.74, 6) is 0. The fourth-order valence-corrected chi connectivity index (χ4v) is 9.33. The van der Waals surface area contributed by atoms with Crippen molar-refractivity contribution in [3.05, 3.63) is 176 Å². The predicted octanol–water partition coefficient (Wildman–Crippen LogP) is 13.9. The summed E-state index contributed by atoms with van der Waals surface area (Å²) in [4.78, 5) is 0. The Kier molecular flexibility index (Phi) is 5.89. The van der Waals surface area contributed by atoms with Gasteiger partial charge in [-0.25, -0.2) is 0 Å². The molecule has 0 aliphatic rings. The first kappa shape index (κ1) is 27.7. The Bertz CT molecular complexity index is 3120. The van der Waals surface area contributed by atoms with Crippen LogP contribution in [0.3, 0.4) is 0 Å². The van der Waals surface area contributed by atoms with Crippen molar-refractivity contribution in [2.75, 3.05) is 0 Å². The van der Waals surface area contributed by atoms with Crippen LogP contribution < -0.4 is 0 Å². The second kappa shape index (κ2) is 10.6. The SMILES string of the molecule is c1cc(-c2ccc3c4ccccc4c4ccccc4c3c2)cc(-c2ccc3c4ccccc4n(-c4ccc5sc6ccccc6c5c4)c3c2)c1. The average molecular weight is 652 g/mol. The highest BCUT2D eigenvalue weighted by atomic mass is 32.1. The molecule has 232 valence electrons. The maximum Gasteiger partial charge on any atom is 0.0547 e. The molecule has 0 radical (unpaired) electrons. The molecule has 50 heavy (non-hydrogen) atoms. The summed E-state index contributed by atoms with van der Waals surface area (Å²) in [6.45, 7) is 0. The number of benzene rings is 9. The van der Waals surface area contributed by atoms with E-state index in [1.54, 1.807) is 0 Å². The van der Waals surface area contributed by atoms with Gasteiger partial charge in [-0.1, -0.05) is 127 Å². The van der Waals surface area contributed by atoms with Crippen molar-refractivity contribution in [2.45, 2.75) is 0 Å². The third kappa shape index (κ3) is 4.06. The Morgan fingerprint density at radius 2 is 0.800 bits per heavy atom. The second-order valence-electron chi connectivity index (χ2n) is 13.3. The van der Waals surface area contributed by atoms with E-state index in [1.807, 2.05) is 11.3 Å². The minimum atomic E-state index is 1.19. The fraction of sp³-hybridized carbons (Fsp3) is 0. The van der Waals surface area contributed by atoms with Crippen molar-refractivity contribution in [3.63, 3.8) is 0 Å². The molecule has 0 N–H and O–H groups in total. The lowest BCUT2D eigenvalue weighted by Gasteiger charge is -2.13. The van der Waals surface area contributed by atoms with E-state index in [0.717, 1.165) is 0 Å². The van der Waals surface area contributed by atoms with Gasteiger partial charge in [0.2, 0.25) is 0 Å². The van der Waals surface area contributed by atoms with Gasteiger partial charge in [-0.2, -0.15) is 0 Å². The molecule has 9 aromatic carbocycles. The smallest absolute Gasteiger partial charge is 0.0547 e. The number of rotatable bonds is 3. The van der Waals surface area contributed by atoms with Crippen LogP contribution in [0.5, 0.6) is 0 Å². The van der Waals surface area contributed by atoms with Crippen molar-refractivity contribution in [1.82, 2.24) is 4.57 Å².